The van der Waals surface area contributed by atoms with Gasteiger partial charge in [0, 0.05) is 34.6 Å². The average molecular weight is 468 g/mol. The van der Waals surface area contributed by atoms with Crippen LogP contribution in [0.1, 0.15) is 18.9 Å². The molecule has 0 amide bonds. The van der Waals surface area contributed by atoms with E-state index in [1.54, 1.807) is 18.3 Å². The fourth-order valence-corrected chi connectivity index (χ4v) is 4.73. The van der Waals surface area contributed by atoms with Crippen LogP contribution in [0.2, 0.25) is 10.0 Å². The summed E-state index contributed by atoms with van der Waals surface area (Å²) < 4.78 is 2.07. The SMILES string of the molecule is CN1CCC(n2cc(-c3cnc(N)c(-c4cc(-c5c(Cl)cccc5Cl)[nH]n4)c3)cn2)CC1. The molecule has 164 valence electrons. The molecule has 5 rings (SSSR count). The van der Waals surface area contributed by atoms with E-state index in [1.165, 1.54) is 0 Å². The number of anilines is 1. The van der Waals surface area contributed by atoms with Gasteiger partial charge >= 0.3 is 0 Å². The van der Waals surface area contributed by atoms with Crippen molar-refractivity contribution in [3.63, 3.8) is 0 Å². The van der Waals surface area contributed by atoms with Gasteiger partial charge in [-0.3, -0.25) is 9.78 Å². The minimum Gasteiger partial charge on any atom is -0.383 e. The maximum absolute atomic E-state index is 6.35. The van der Waals surface area contributed by atoms with Crippen LogP contribution in [0.15, 0.2) is 48.9 Å². The molecule has 3 N–H and O–H groups in total. The molecule has 1 aliphatic rings. The van der Waals surface area contributed by atoms with Crippen molar-refractivity contribution >= 4 is 29.0 Å². The number of rotatable bonds is 4. The topological polar surface area (TPSA) is 88.6 Å². The van der Waals surface area contributed by atoms with Crippen molar-refractivity contribution in [1.82, 2.24) is 29.9 Å². The van der Waals surface area contributed by atoms with E-state index >= 15 is 0 Å². The van der Waals surface area contributed by atoms with Gasteiger partial charge in [-0.2, -0.15) is 10.2 Å². The number of nitrogens with two attached hydrogens (primary N) is 1. The quantitative estimate of drug-likeness (QED) is 0.432. The molecular formula is C23H23Cl2N7. The molecule has 1 fully saturated rings. The smallest absolute Gasteiger partial charge is 0.132 e. The van der Waals surface area contributed by atoms with E-state index < -0.39 is 0 Å². The highest BCUT2D eigenvalue weighted by atomic mass is 35.5. The third kappa shape index (κ3) is 3.99. The Morgan fingerprint density at radius 2 is 1.81 bits per heavy atom. The predicted octanol–water partition coefficient (Wildman–Crippen LogP) is 5.16. The monoisotopic (exact) mass is 467 g/mol. The third-order valence-electron chi connectivity index (χ3n) is 6.00. The molecule has 7 nitrogen and oxygen atoms in total. The van der Waals surface area contributed by atoms with Gasteiger partial charge in [-0.05, 0) is 57.2 Å². The lowest BCUT2D eigenvalue weighted by atomic mass is 10.0. The van der Waals surface area contributed by atoms with Crippen molar-refractivity contribution in [3.05, 3.63) is 59.0 Å². The zero-order valence-electron chi connectivity index (χ0n) is 17.6. The van der Waals surface area contributed by atoms with Crippen LogP contribution >= 0.6 is 23.2 Å². The molecular weight excluding hydrogens is 445 g/mol. The number of aromatic nitrogens is 5. The van der Waals surface area contributed by atoms with Gasteiger partial charge in [0.1, 0.15) is 5.82 Å². The Bertz CT molecular complexity index is 1230. The molecule has 9 heteroatoms. The summed E-state index contributed by atoms with van der Waals surface area (Å²) in [6.07, 6.45) is 7.95. The summed E-state index contributed by atoms with van der Waals surface area (Å²) in [6.45, 7) is 2.18. The van der Waals surface area contributed by atoms with Gasteiger partial charge in [0.25, 0.3) is 0 Å². The van der Waals surface area contributed by atoms with Crippen LogP contribution in [0.5, 0.6) is 0 Å². The molecule has 1 aromatic carbocycles. The standard InChI is InChI=1S/C23H23Cl2N7/c1-31-7-5-16(6-8-31)32-13-15(12-28-32)14-9-17(23(26)27-11-14)20-10-21(30-29-20)22-18(24)3-2-4-19(22)25/h2-4,9-13,16H,5-8H2,1H3,(H2,26,27)(H,29,30). The molecule has 0 bridgehead atoms. The number of nitrogens with zero attached hydrogens (tertiary/aromatic N) is 5. The van der Waals surface area contributed by atoms with Crippen LogP contribution in [0.3, 0.4) is 0 Å². The number of piperidine rings is 1. The van der Waals surface area contributed by atoms with E-state index in [-0.39, 0.29) is 0 Å². The van der Waals surface area contributed by atoms with E-state index in [4.69, 9.17) is 28.9 Å². The minimum absolute atomic E-state index is 0.403. The Morgan fingerprint density at radius 1 is 1.06 bits per heavy atom. The molecule has 3 aromatic heterocycles. The second-order valence-corrected chi connectivity index (χ2v) is 8.98. The molecule has 0 saturated carbocycles. The van der Waals surface area contributed by atoms with Gasteiger partial charge in [0.2, 0.25) is 0 Å². The van der Waals surface area contributed by atoms with Crippen molar-refractivity contribution in [3.8, 4) is 33.6 Å². The van der Waals surface area contributed by atoms with E-state index in [9.17, 15) is 0 Å². The molecule has 0 aliphatic carbocycles. The van der Waals surface area contributed by atoms with Crippen LogP contribution in [0.4, 0.5) is 5.82 Å². The summed E-state index contributed by atoms with van der Waals surface area (Å²) in [6, 6.07) is 9.70. The summed E-state index contributed by atoms with van der Waals surface area (Å²) in [7, 11) is 2.16. The van der Waals surface area contributed by atoms with Gasteiger partial charge in [-0.15, -0.1) is 0 Å². The van der Waals surface area contributed by atoms with Crippen molar-refractivity contribution in [2.24, 2.45) is 0 Å². The van der Waals surface area contributed by atoms with E-state index in [1.807, 2.05) is 24.4 Å². The van der Waals surface area contributed by atoms with E-state index in [0.29, 0.717) is 33.2 Å². The van der Waals surface area contributed by atoms with Crippen LogP contribution < -0.4 is 5.73 Å². The first kappa shape index (κ1) is 21.0. The fourth-order valence-electron chi connectivity index (χ4n) is 4.13. The number of H-pyrrole nitrogens is 1. The Kier molecular flexibility index (Phi) is 5.63. The van der Waals surface area contributed by atoms with Gasteiger partial charge in [0.05, 0.1) is 33.7 Å². The molecule has 32 heavy (non-hydrogen) atoms. The molecule has 0 unspecified atom stereocenters. The molecule has 1 aliphatic heterocycles. The first-order chi connectivity index (χ1) is 15.5. The van der Waals surface area contributed by atoms with Crippen LogP contribution in [-0.2, 0) is 0 Å². The van der Waals surface area contributed by atoms with E-state index in [2.05, 4.69) is 43.1 Å². The highest BCUT2D eigenvalue weighted by molar-refractivity contribution is 6.39. The molecule has 0 radical (unpaired) electrons. The maximum Gasteiger partial charge on any atom is 0.132 e. The highest BCUT2D eigenvalue weighted by Crippen LogP contribution is 2.36. The number of benzene rings is 1. The van der Waals surface area contributed by atoms with Crippen molar-refractivity contribution in [1.29, 1.82) is 0 Å². The lowest BCUT2D eigenvalue weighted by molar-refractivity contribution is 0.212. The molecule has 0 spiro atoms. The van der Waals surface area contributed by atoms with Gasteiger partial charge < -0.3 is 10.6 Å². The van der Waals surface area contributed by atoms with E-state index in [0.717, 1.165) is 48.3 Å². The van der Waals surface area contributed by atoms with Crippen molar-refractivity contribution < 1.29 is 0 Å². The fraction of sp³-hybridized carbons (Fsp3) is 0.261. The first-order valence-electron chi connectivity index (χ1n) is 10.5. The normalized spacial score (nSPS) is 15.3. The number of hydrogen-bond donors (Lipinski definition) is 2. The first-order valence-corrected chi connectivity index (χ1v) is 11.2. The summed E-state index contributed by atoms with van der Waals surface area (Å²) >= 11 is 12.7. The van der Waals surface area contributed by atoms with Crippen LogP contribution in [0.25, 0.3) is 33.6 Å². The number of nitrogens with one attached hydrogen (secondary N) is 1. The summed E-state index contributed by atoms with van der Waals surface area (Å²) in [5.41, 5.74) is 11.0. The minimum atomic E-state index is 0.403. The van der Waals surface area contributed by atoms with Crippen molar-refractivity contribution in [2.75, 3.05) is 25.9 Å². The van der Waals surface area contributed by atoms with Crippen molar-refractivity contribution in [2.45, 2.75) is 18.9 Å². The van der Waals surface area contributed by atoms with Gasteiger partial charge in [0.15, 0.2) is 0 Å². The predicted molar refractivity (Wildman–Crippen MR) is 129 cm³/mol. The number of likely N-dealkylation sites (tertiary alicyclic amines) is 1. The average Bonchev–Trinajstić information content (AvgIpc) is 3.45. The largest absolute Gasteiger partial charge is 0.383 e. The second-order valence-electron chi connectivity index (χ2n) is 8.16. The molecule has 0 atom stereocenters. The van der Waals surface area contributed by atoms with Crippen LogP contribution in [-0.4, -0.2) is 50.0 Å². The number of pyridine rings is 1. The van der Waals surface area contributed by atoms with Crippen LogP contribution in [0, 0.1) is 0 Å². The highest BCUT2D eigenvalue weighted by Gasteiger charge is 2.20. The lowest BCUT2D eigenvalue weighted by Crippen LogP contribution is -2.31. The number of hydrogen-bond acceptors (Lipinski definition) is 5. The number of halogens is 2. The zero-order chi connectivity index (χ0) is 22.2. The molecule has 1 saturated heterocycles. The zero-order valence-corrected chi connectivity index (χ0v) is 19.1. The Morgan fingerprint density at radius 3 is 2.56 bits per heavy atom. The summed E-state index contributed by atoms with van der Waals surface area (Å²) in [4.78, 5) is 6.76. The Hall–Kier alpha value is -2.87. The second kappa shape index (κ2) is 8.58. The molecule has 4 aromatic rings. The number of nitrogen functional groups attached to an aromatic ring is 1. The summed E-state index contributed by atoms with van der Waals surface area (Å²) in [5, 5.41) is 13.2. The maximum atomic E-state index is 6.35. The van der Waals surface area contributed by atoms with Gasteiger partial charge in [-0.25, -0.2) is 4.98 Å². The Balaban J connectivity index is 1.45. The molecule has 4 heterocycles. The number of aromatic amines is 1. The Labute approximate surface area is 196 Å². The summed E-state index contributed by atoms with van der Waals surface area (Å²) in [5.74, 6) is 0.403. The van der Waals surface area contributed by atoms with Gasteiger partial charge in [-0.1, -0.05) is 29.3 Å². The lowest BCUT2D eigenvalue weighted by Gasteiger charge is -2.28. The third-order valence-corrected chi connectivity index (χ3v) is 6.63.